The van der Waals surface area contributed by atoms with E-state index in [1.807, 2.05) is 6.92 Å². The SMILES string of the molecule is CCCNC[C@H](N)C(=O)O. The summed E-state index contributed by atoms with van der Waals surface area (Å²) in [6.45, 7) is 3.18. The Hall–Kier alpha value is -0.610. The van der Waals surface area contributed by atoms with Gasteiger partial charge in [-0.3, -0.25) is 4.79 Å². The van der Waals surface area contributed by atoms with Crippen LogP contribution in [-0.4, -0.2) is 30.2 Å². The van der Waals surface area contributed by atoms with Crippen molar-refractivity contribution in [3.8, 4) is 0 Å². The quantitative estimate of drug-likeness (QED) is 0.453. The maximum absolute atomic E-state index is 10.1. The average Bonchev–Trinajstić information content (AvgIpc) is 1.88. The number of carboxylic acids is 1. The van der Waals surface area contributed by atoms with Crippen LogP contribution in [0.25, 0.3) is 0 Å². The minimum absolute atomic E-state index is 0.350. The molecule has 0 saturated carbocycles. The zero-order valence-corrected chi connectivity index (χ0v) is 6.13. The largest absolute Gasteiger partial charge is 0.480 e. The van der Waals surface area contributed by atoms with Crippen molar-refractivity contribution in [2.75, 3.05) is 13.1 Å². The standard InChI is InChI=1S/C6H14N2O2/c1-2-3-8-4-5(7)6(9)10/h5,8H,2-4,7H2,1H3,(H,9,10)/t5-/m0/s1. The Labute approximate surface area is 60.4 Å². The predicted octanol–water partition coefficient (Wildman–Crippen LogP) is -0.602. The zero-order valence-electron chi connectivity index (χ0n) is 6.13. The second kappa shape index (κ2) is 5.20. The van der Waals surface area contributed by atoms with Crippen molar-refractivity contribution >= 4 is 5.97 Å². The number of rotatable bonds is 5. The molecule has 0 radical (unpaired) electrons. The Morgan fingerprint density at radius 2 is 2.40 bits per heavy atom. The van der Waals surface area contributed by atoms with Crippen molar-refractivity contribution in [1.29, 1.82) is 0 Å². The Bertz CT molecular complexity index is 106. The van der Waals surface area contributed by atoms with E-state index in [-0.39, 0.29) is 0 Å². The fraction of sp³-hybridized carbons (Fsp3) is 0.833. The van der Waals surface area contributed by atoms with Gasteiger partial charge in [0.1, 0.15) is 6.04 Å². The third-order valence-electron chi connectivity index (χ3n) is 1.11. The first-order valence-electron chi connectivity index (χ1n) is 3.37. The molecule has 0 fully saturated rings. The van der Waals surface area contributed by atoms with Crippen molar-refractivity contribution in [2.24, 2.45) is 5.73 Å². The number of hydrogen-bond acceptors (Lipinski definition) is 3. The van der Waals surface area contributed by atoms with Gasteiger partial charge >= 0.3 is 5.97 Å². The van der Waals surface area contributed by atoms with Crippen molar-refractivity contribution < 1.29 is 9.90 Å². The monoisotopic (exact) mass is 146 g/mol. The van der Waals surface area contributed by atoms with Crippen LogP contribution in [0.2, 0.25) is 0 Å². The summed E-state index contributed by atoms with van der Waals surface area (Å²) in [4.78, 5) is 10.1. The third kappa shape index (κ3) is 4.29. The van der Waals surface area contributed by atoms with E-state index < -0.39 is 12.0 Å². The summed E-state index contributed by atoms with van der Waals surface area (Å²) in [5.74, 6) is -0.955. The highest BCUT2D eigenvalue weighted by molar-refractivity contribution is 5.73. The fourth-order valence-corrected chi connectivity index (χ4v) is 0.522. The molecule has 0 aliphatic heterocycles. The van der Waals surface area contributed by atoms with Crippen LogP contribution >= 0.6 is 0 Å². The van der Waals surface area contributed by atoms with Crippen molar-refractivity contribution in [3.05, 3.63) is 0 Å². The number of nitrogens with one attached hydrogen (secondary N) is 1. The van der Waals surface area contributed by atoms with Gasteiger partial charge in [-0.05, 0) is 13.0 Å². The summed E-state index contributed by atoms with van der Waals surface area (Å²) < 4.78 is 0. The summed E-state index contributed by atoms with van der Waals surface area (Å²) in [5, 5.41) is 11.2. The normalized spacial score (nSPS) is 13.0. The lowest BCUT2D eigenvalue weighted by Crippen LogP contribution is -2.40. The molecule has 0 heterocycles. The molecule has 0 bridgehead atoms. The molecular weight excluding hydrogens is 132 g/mol. The van der Waals surface area contributed by atoms with Gasteiger partial charge in [0.2, 0.25) is 0 Å². The lowest BCUT2D eigenvalue weighted by molar-refractivity contribution is -0.138. The minimum atomic E-state index is -0.955. The van der Waals surface area contributed by atoms with Crippen molar-refractivity contribution in [3.63, 3.8) is 0 Å². The number of hydrogen-bond donors (Lipinski definition) is 3. The Balaban J connectivity index is 3.21. The van der Waals surface area contributed by atoms with E-state index in [0.29, 0.717) is 6.54 Å². The minimum Gasteiger partial charge on any atom is -0.480 e. The number of aliphatic carboxylic acids is 1. The van der Waals surface area contributed by atoms with Gasteiger partial charge in [-0.2, -0.15) is 0 Å². The molecule has 10 heavy (non-hydrogen) atoms. The van der Waals surface area contributed by atoms with E-state index in [2.05, 4.69) is 5.32 Å². The van der Waals surface area contributed by atoms with Crippen LogP contribution < -0.4 is 11.1 Å². The molecular formula is C6H14N2O2. The van der Waals surface area contributed by atoms with Crippen LogP contribution in [0.4, 0.5) is 0 Å². The zero-order chi connectivity index (χ0) is 7.98. The molecule has 4 heteroatoms. The van der Waals surface area contributed by atoms with Crippen LogP contribution in [0.1, 0.15) is 13.3 Å². The smallest absolute Gasteiger partial charge is 0.321 e. The van der Waals surface area contributed by atoms with E-state index in [9.17, 15) is 4.79 Å². The number of nitrogens with two attached hydrogens (primary N) is 1. The lowest BCUT2D eigenvalue weighted by Gasteiger charge is -2.05. The van der Waals surface area contributed by atoms with Crippen LogP contribution in [-0.2, 0) is 4.79 Å². The third-order valence-corrected chi connectivity index (χ3v) is 1.11. The van der Waals surface area contributed by atoms with E-state index in [1.54, 1.807) is 0 Å². The van der Waals surface area contributed by atoms with Crippen LogP contribution in [0.5, 0.6) is 0 Å². The predicted molar refractivity (Wildman–Crippen MR) is 38.8 cm³/mol. The summed E-state index contributed by atoms with van der Waals surface area (Å²) >= 11 is 0. The summed E-state index contributed by atoms with van der Waals surface area (Å²) in [7, 11) is 0. The van der Waals surface area contributed by atoms with Gasteiger partial charge in [-0.25, -0.2) is 0 Å². The molecule has 0 spiro atoms. The first kappa shape index (κ1) is 9.39. The van der Waals surface area contributed by atoms with E-state index in [1.165, 1.54) is 0 Å². The average molecular weight is 146 g/mol. The van der Waals surface area contributed by atoms with Gasteiger partial charge in [0.05, 0.1) is 0 Å². The van der Waals surface area contributed by atoms with Crippen molar-refractivity contribution in [1.82, 2.24) is 5.32 Å². The molecule has 4 N–H and O–H groups in total. The van der Waals surface area contributed by atoms with Crippen LogP contribution in [0.3, 0.4) is 0 Å². The van der Waals surface area contributed by atoms with Gasteiger partial charge in [0.25, 0.3) is 0 Å². The highest BCUT2D eigenvalue weighted by atomic mass is 16.4. The second-order valence-electron chi connectivity index (χ2n) is 2.15. The van der Waals surface area contributed by atoms with Gasteiger partial charge < -0.3 is 16.2 Å². The highest BCUT2D eigenvalue weighted by Gasteiger charge is 2.08. The maximum atomic E-state index is 10.1. The Morgan fingerprint density at radius 1 is 1.80 bits per heavy atom. The van der Waals surface area contributed by atoms with E-state index in [4.69, 9.17) is 10.8 Å². The molecule has 60 valence electrons. The summed E-state index contributed by atoms with van der Waals surface area (Å²) in [5.41, 5.74) is 5.20. The van der Waals surface area contributed by atoms with Gasteiger partial charge in [0, 0.05) is 6.54 Å². The second-order valence-corrected chi connectivity index (χ2v) is 2.15. The van der Waals surface area contributed by atoms with E-state index in [0.717, 1.165) is 13.0 Å². The van der Waals surface area contributed by atoms with E-state index >= 15 is 0 Å². The molecule has 0 aliphatic carbocycles. The van der Waals surface area contributed by atoms with Crippen LogP contribution in [0.15, 0.2) is 0 Å². The van der Waals surface area contributed by atoms with Gasteiger partial charge in [-0.15, -0.1) is 0 Å². The molecule has 0 aromatic rings. The molecule has 0 aromatic heterocycles. The van der Waals surface area contributed by atoms with Gasteiger partial charge in [0.15, 0.2) is 0 Å². The van der Waals surface area contributed by atoms with Crippen LogP contribution in [0, 0.1) is 0 Å². The Morgan fingerprint density at radius 3 is 2.80 bits per heavy atom. The first-order chi connectivity index (χ1) is 4.68. The molecule has 1 atom stereocenters. The molecule has 0 aliphatic rings. The van der Waals surface area contributed by atoms with Crippen molar-refractivity contribution in [2.45, 2.75) is 19.4 Å². The molecule has 0 rings (SSSR count). The number of carboxylic acid groups (broad SMARTS) is 1. The number of carbonyl (C=O) groups is 1. The molecule has 0 aromatic carbocycles. The molecule has 0 saturated heterocycles. The molecule has 0 unspecified atom stereocenters. The topological polar surface area (TPSA) is 75.3 Å². The maximum Gasteiger partial charge on any atom is 0.321 e. The molecule has 4 nitrogen and oxygen atoms in total. The molecule has 0 amide bonds. The Kier molecular flexibility index (Phi) is 4.88. The summed E-state index contributed by atoms with van der Waals surface area (Å²) in [6, 6.07) is -0.772. The highest BCUT2D eigenvalue weighted by Crippen LogP contribution is 1.76. The fourth-order valence-electron chi connectivity index (χ4n) is 0.522. The first-order valence-corrected chi connectivity index (χ1v) is 3.37. The lowest BCUT2D eigenvalue weighted by atomic mass is 10.3. The van der Waals surface area contributed by atoms with Gasteiger partial charge in [-0.1, -0.05) is 6.92 Å². The summed E-state index contributed by atoms with van der Waals surface area (Å²) in [6.07, 6.45) is 0.992.